The minimum Gasteiger partial charge on any atom is -0.401 e. The van der Waals surface area contributed by atoms with Crippen LogP contribution in [0.1, 0.15) is 27.7 Å². The number of rotatable bonds is 4. The van der Waals surface area contributed by atoms with E-state index < -0.39 is 0 Å². The Morgan fingerprint density at radius 2 is 1.45 bits per heavy atom. The molecule has 3 heteroatoms. The molecule has 0 radical (unpaired) electrons. The minimum atomic E-state index is -0.355. The van der Waals surface area contributed by atoms with Gasteiger partial charge in [0.25, 0.3) is 0 Å². The lowest BCUT2D eigenvalue weighted by molar-refractivity contribution is -0.220. The van der Waals surface area contributed by atoms with Crippen molar-refractivity contribution in [3.63, 3.8) is 0 Å². The van der Waals surface area contributed by atoms with Crippen LogP contribution in [0, 0.1) is 11.8 Å². The number of hydrogen-bond acceptors (Lipinski definition) is 2. The van der Waals surface area contributed by atoms with E-state index in [4.69, 9.17) is 9.16 Å². The Kier molecular flexibility index (Phi) is 4.29. The summed E-state index contributed by atoms with van der Waals surface area (Å²) in [6.45, 7) is 8.51. The van der Waals surface area contributed by atoms with Gasteiger partial charge in [-0.25, -0.2) is 0 Å². The first-order valence-corrected chi connectivity index (χ1v) is 4.93. The van der Waals surface area contributed by atoms with Crippen molar-refractivity contribution >= 4 is 10.5 Å². The Morgan fingerprint density at radius 1 is 1.09 bits per heavy atom. The van der Waals surface area contributed by atoms with Crippen molar-refractivity contribution in [2.24, 2.45) is 11.8 Å². The first kappa shape index (κ1) is 11.1. The summed E-state index contributed by atoms with van der Waals surface area (Å²) >= 11 is 0. The predicted molar refractivity (Wildman–Crippen MR) is 50.4 cm³/mol. The fourth-order valence-corrected chi connectivity index (χ4v) is 2.80. The van der Waals surface area contributed by atoms with E-state index in [2.05, 4.69) is 27.7 Å². The summed E-state index contributed by atoms with van der Waals surface area (Å²) in [6.07, 6.45) is 0. The van der Waals surface area contributed by atoms with Gasteiger partial charge in [-0.2, -0.15) is 0 Å². The molecule has 0 saturated heterocycles. The number of hydrogen-bond donors (Lipinski definition) is 0. The molecule has 0 aromatic rings. The van der Waals surface area contributed by atoms with E-state index in [1.54, 1.807) is 7.11 Å². The molecule has 0 bridgehead atoms. The molecule has 11 heavy (non-hydrogen) atoms. The molecular formula is C8H20O2Si. The highest BCUT2D eigenvalue weighted by Crippen LogP contribution is 2.29. The van der Waals surface area contributed by atoms with Crippen LogP contribution >= 0.6 is 0 Å². The smallest absolute Gasteiger partial charge is 0.162 e. The van der Waals surface area contributed by atoms with Gasteiger partial charge in [-0.05, 0) is 0 Å². The van der Waals surface area contributed by atoms with E-state index in [0.29, 0.717) is 11.8 Å². The molecule has 0 aromatic carbocycles. The Labute approximate surface area is 72.8 Å². The molecule has 0 heterocycles. The summed E-state index contributed by atoms with van der Waals surface area (Å²) < 4.78 is 10.9. The van der Waals surface area contributed by atoms with Crippen LogP contribution in [0.15, 0.2) is 0 Å². The molecule has 0 saturated carbocycles. The van der Waals surface area contributed by atoms with Crippen LogP contribution in [-0.4, -0.2) is 23.4 Å². The standard InChI is InChI=1S/C8H20O2Si/c1-6(2)8(9-5,10-11)7(3)4/h6-7H,1-5,11H3. The van der Waals surface area contributed by atoms with Crippen LogP contribution < -0.4 is 0 Å². The van der Waals surface area contributed by atoms with Gasteiger partial charge in [-0.3, -0.25) is 0 Å². The Bertz CT molecular complexity index is 98.7. The van der Waals surface area contributed by atoms with E-state index in [1.807, 2.05) is 0 Å². The van der Waals surface area contributed by atoms with Gasteiger partial charge < -0.3 is 9.16 Å². The highest BCUT2D eigenvalue weighted by molar-refractivity contribution is 5.98. The average molecular weight is 176 g/mol. The van der Waals surface area contributed by atoms with E-state index in [-0.39, 0.29) is 5.79 Å². The summed E-state index contributed by atoms with van der Waals surface area (Å²) in [5, 5.41) is 0. The summed E-state index contributed by atoms with van der Waals surface area (Å²) in [7, 11) is 2.45. The van der Waals surface area contributed by atoms with Gasteiger partial charge in [0.05, 0.1) is 0 Å². The molecule has 0 aliphatic rings. The largest absolute Gasteiger partial charge is 0.401 e. The lowest BCUT2D eigenvalue weighted by atomic mass is 9.92. The van der Waals surface area contributed by atoms with Crippen LogP contribution in [-0.2, 0) is 9.16 Å². The zero-order valence-electron chi connectivity index (χ0n) is 8.47. The van der Waals surface area contributed by atoms with Crippen molar-refractivity contribution in [2.75, 3.05) is 7.11 Å². The molecule has 2 nitrogen and oxygen atoms in total. The Balaban J connectivity index is 4.46. The topological polar surface area (TPSA) is 18.5 Å². The third-order valence-electron chi connectivity index (χ3n) is 2.25. The Hall–Kier alpha value is 0.137. The molecule has 0 amide bonds. The normalized spacial score (nSPS) is 13.4. The first-order chi connectivity index (χ1) is 5.01. The fraction of sp³-hybridized carbons (Fsp3) is 1.00. The molecule has 0 spiro atoms. The fourth-order valence-electron chi connectivity index (χ4n) is 1.69. The third kappa shape index (κ3) is 2.04. The molecule has 0 rings (SSSR count). The van der Waals surface area contributed by atoms with Gasteiger partial charge in [-0.15, -0.1) is 0 Å². The first-order valence-electron chi connectivity index (χ1n) is 4.11. The number of methoxy groups -OCH3 is 1. The Morgan fingerprint density at radius 3 is 1.45 bits per heavy atom. The van der Waals surface area contributed by atoms with Gasteiger partial charge in [0, 0.05) is 18.9 Å². The van der Waals surface area contributed by atoms with Crippen molar-refractivity contribution in [1.82, 2.24) is 0 Å². The second-order valence-electron chi connectivity index (χ2n) is 3.44. The lowest BCUT2D eigenvalue weighted by Crippen LogP contribution is -2.44. The average Bonchev–Trinajstić information content (AvgIpc) is 1.90. The molecule has 0 atom stereocenters. The molecule has 0 aliphatic carbocycles. The second kappa shape index (κ2) is 4.23. The quantitative estimate of drug-likeness (QED) is 0.469. The monoisotopic (exact) mass is 176 g/mol. The summed E-state index contributed by atoms with van der Waals surface area (Å²) in [5.41, 5.74) is 0. The van der Waals surface area contributed by atoms with E-state index in [9.17, 15) is 0 Å². The van der Waals surface area contributed by atoms with Crippen molar-refractivity contribution in [3.8, 4) is 0 Å². The van der Waals surface area contributed by atoms with E-state index in [1.165, 1.54) is 0 Å². The van der Waals surface area contributed by atoms with Crippen LogP contribution in [0.25, 0.3) is 0 Å². The zero-order valence-corrected chi connectivity index (χ0v) is 10.5. The van der Waals surface area contributed by atoms with Crippen molar-refractivity contribution in [3.05, 3.63) is 0 Å². The molecule has 68 valence electrons. The van der Waals surface area contributed by atoms with Crippen molar-refractivity contribution in [1.29, 1.82) is 0 Å². The summed E-state index contributed by atoms with van der Waals surface area (Å²) in [6, 6.07) is 0. The second-order valence-corrected chi connectivity index (χ2v) is 3.85. The van der Waals surface area contributed by atoms with Gasteiger partial charge in [-0.1, -0.05) is 27.7 Å². The highest BCUT2D eigenvalue weighted by Gasteiger charge is 2.36. The molecule has 0 fully saturated rings. The molecule has 0 N–H and O–H groups in total. The third-order valence-corrected chi connectivity index (χ3v) is 2.89. The highest BCUT2D eigenvalue weighted by atomic mass is 28.2. The lowest BCUT2D eigenvalue weighted by Gasteiger charge is -2.39. The van der Waals surface area contributed by atoms with E-state index in [0.717, 1.165) is 10.5 Å². The molecular weight excluding hydrogens is 156 g/mol. The van der Waals surface area contributed by atoms with Crippen LogP contribution in [0.3, 0.4) is 0 Å². The van der Waals surface area contributed by atoms with Gasteiger partial charge in [0.1, 0.15) is 10.5 Å². The van der Waals surface area contributed by atoms with Gasteiger partial charge in [0.15, 0.2) is 5.79 Å². The minimum absolute atomic E-state index is 0.355. The van der Waals surface area contributed by atoms with Crippen LogP contribution in [0.4, 0.5) is 0 Å². The van der Waals surface area contributed by atoms with Crippen LogP contribution in [0.2, 0.25) is 0 Å². The maximum Gasteiger partial charge on any atom is 0.162 e. The molecule has 0 aliphatic heterocycles. The maximum absolute atomic E-state index is 5.53. The van der Waals surface area contributed by atoms with Gasteiger partial charge in [0.2, 0.25) is 0 Å². The van der Waals surface area contributed by atoms with Crippen LogP contribution in [0.5, 0.6) is 0 Å². The predicted octanol–water partition coefficient (Wildman–Crippen LogP) is 0.938. The SMILES string of the molecule is COC(O[SiH3])(C(C)C)C(C)C. The van der Waals surface area contributed by atoms with Gasteiger partial charge >= 0.3 is 0 Å². The van der Waals surface area contributed by atoms with Crippen molar-refractivity contribution < 1.29 is 9.16 Å². The zero-order chi connectivity index (χ0) is 9.07. The summed E-state index contributed by atoms with van der Waals surface area (Å²) in [5.74, 6) is 0.460. The molecule has 0 unspecified atom stereocenters. The maximum atomic E-state index is 5.53. The summed E-state index contributed by atoms with van der Waals surface area (Å²) in [4.78, 5) is 0. The van der Waals surface area contributed by atoms with Crippen molar-refractivity contribution in [2.45, 2.75) is 33.5 Å². The molecule has 0 aromatic heterocycles. The van der Waals surface area contributed by atoms with E-state index >= 15 is 0 Å². The number of ether oxygens (including phenoxy) is 1.